The van der Waals surface area contributed by atoms with E-state index in [2.05, 4.69) is 5.32 Å². The molecule has 1 aromatic rings. The van der Waals surface area contributed by atoms with Crippen LogP contribution in [0.4, 0.5) is 0 Å². The second kappa shape index (κ2) is 9.14. The standard InChI is InChI=1S/C14H21NO5/c1-11(2)18-9-10-20-13(16)6-3-7-15-14(17)12-5-4-8-19-12/h4-5,8,11H,3,6-7,9-10H2,1-2H3,(H,15,17). The molecule has 0 bridgehead atoms. The second-order valence-electron chi connectivity index (χ2n) is 4.48. The highest BCUT2D eigenvalue weighted by molar-refractivity contribution is 5.91. The molecule has 0 unspecified atom stereocenters. The maximum atomic E-state index is 11.5. The van der Waals surface area contributed by atoms with Crippen molar-refractivity contribution in [1.82, 2.24) is 5.32 Å². The number of nitrogens with one attached hydrogen (secondary N) is 1. The molecule has 0 aromatic carbocycles. The van der Waals surface area contributed by atoms with Gasteiger partial charge in [-0.15, -0.1) is 0 Å². The van der Waals surface area contributed by atoms with Gasteiger partial charge in [-0.05, 0) is 32.4 Å². The molecule has 0 spiro atoms. The van der Waals surface area contributed by atoms with Gasteiger partial charge in [-0.25, -0.2) is 0 Å². The van der Waals surface area contributed by atoms with Gasteiger partial charge in [-0.3, -0.25) is 9.59 Å². The van der Waals surface area contributed by atoms with Crippen molar-refractivity contribution in [3.8, 4) is 0 Å². The summed E-state index contributed by atoms with van der Waals surface area (Å²) < 4.78 is 15.2. The molecule has 0 fully saturated rings. The second-order valence-corrected chi connectivity index (χ2v) is 4.48. The van der Waals surface area contributed by atoms with Crippen molar-refractivity contribution in [1.29, 1.82) is 0 Å². The lowest BCUT2D eigenvalue weighted by molar-refractivity contribution is -0.145. The smallest absolute Gasteiger partial charge is 0.305 e. The van der Waals surface area contributed by atoms with Crippen LogP contribution in [0, 0.1) is 0 Å². The van der Waals surface area contributed by atoms with Gasteiger partial charge < -0.3 is 19.2 Å². The molecular formula is C14H21NO5. The average Bonchev–Trinajstić information content (AvgIpc) is 2.93. The first-order valence-electron chi connectivity index (χ1n) is 6.68. The van der Waals surface area contributed by atoms with Crippen LogP contribution in [0.15, 0.2) is 22.8 Å². The molecule has 1 aromatic heterocycles. The van der Waals surface area contributed by atoms with Crippen LogP contribution >= 0.6 is 0 Å². The van der Waals surface area contributed by atoms with Crippen molar-refractivity contribution in [2.24, 2.45) is 0 Å². The Bertz CT molecular complexity index is 400. The first-order chi connectivity index (χ1) is 9.59. The highest BCUT2D eigenvalue weighted by Gasteiger charge is 2.08. The summed E-state index contributed by atoms with van der Waals surface area (Å²) in [5.41, 5.74) is 0. The molecule has 6 heteroatoms. The van der Waals surface area contributed by atoms with E-state index in [9.17, 15) is 9.59 Å². The van der Waals surface area contributed by atoms with Gasteiger partial charge in [0, 0.05) is 13.0 Å². The van der Waals surface area contributed by atoms with E-state index in [4.69, 9.17) is 13.9 Å². The summed E-state index contributed by atoms with van der Waals surface area (Å²) in [4.78, 5) is 22.8. The Labute approximate surface area is 118 Å². The lowest BCUT2D eigenvalue weighted by Crippen LogP contribution is -2.24. The van der Waals surface area contributed by atoms with E-state index < -0.39 is 0 Å². The number of hydrogen-bond acceptors (Lipinski definition) is 5. The van der Waals surface area contributed by atoms with Crippen LogP contribution in [-0.4, -0.2) is 37.7 Å². The number of ether oxygens (including phenoxy) is 2. The van der Waals surface area contributed by atoms with Crippen molar-refractivity contribution >= 4 is 11.9 Å². The Balaban J connectivity index is 2.00. The average molecular weight is 283 g/mol. The van der Waals surface area contributed by atoms with Crippen LogP contribution in [0.25, 0.3) is 0 Å². The van der Waals surface area contributed by atoms with Gasteiger partial charge in [0.15, 0.2) is 5.76 Å². The minimum Gasteiger partial charge on any atom is -0.463 e. The summed E-state index contributed by atoms with van der Waals surface area (Å²) in [6, 6.07) is 3.23. The quantitative estimate of drug-likeness (QED) is 0.552. The third kappa shape index (κ3) is 6.94. The number of carbonyl (C=O) groups excluding carboxylic acids is 2. The molecule has 1 rings (SSSR count). The van der Waals surface area contributed by atoms with Gasteiger partial charge in [-0.2, -0.15) is 0 Å². The zero-order valence-electron chi connectivity index (χ0n) is 11.9. The molecule has 0 aliphatic heterocycles. The van der Waals surface area contributed by atoms with E-state index in [1.807, 2.05) is 13.8 Å². The molecular weight excluding hydrogens is 262 g/mol. The van der Waals surface area contributed by atoms with Crippen LogP contribution in [0.5, 0.6) is 0 Å². The monoisotopic (exact) mass is 283 g/mol. The van der Waals surface area contributed by atoms with Crippen molar-refractivity contribution in [2.45, 2.75) is 32.8 Å². The summed E-state index contributed by atoms with van der Waals surface area (Å²) in [6.07, 6.45) is 2.35. The Morgan fingerprint density at radius 2 is 2.15 bits per heavy atom. The predicted molar refractivity (Wildman–Crippen MR) is 72.3 cm³/mol. The Hall–Kier alpha value is -1.82. The van der Waals surface area contributed by atoms with E-state index in [-0.39, 0.29) is 36.8 Å². The molecule has 0 saturated heterocycles. The van der Waals surface area contributed by atoms with Gasteiger partial charge in [0.1, 0.15) is 6.61 Å². The van der Waals surface area contributed by atoms with E-state index in [1.54, 1.807) is 12.1 Å². The molecule has 1 heterocycles. The predicted octanol–water partition coefficient (Wildman–Crippen LogP) is 1.76. The van der Waals surface area contributed by atoms with Gasteiger partial charge in [0.25, 0.3) is 5.91 Å². The van der Waals surface area contributed by atoms with E-state index >= 15 is 0 Å². The molecule has 6 nitrogen and oxygen atoms in total. The van der Waals surface area contributed by atoms with E-state index in [0.29, 0.717) is 19.6 Å². The van der Waals surface area contributed by atoms with Crippen molar-refractivity contribution in [3.05, 3.63) is 24.2 Å². The maximum Gasteiger partial charge on any atom is 0.305 e. The van der Waals surface area contributed by atoms with Crippen molar-refractivity contribution in [3.63, 3.8) is 0 Å². The van der Waals surface area contributed by atoms with Crippen LogP contribution in [-0.2, 0) is 14.3 Å². The molecule has 0 saturated carbocycles. The highest BCUT2D eigenvalue weighted by Crippen LogP contribution is 1.99. The zero-order valence-corrected chi connectivity index (χ0v) is 11.9. The zero-order chi connectivity index (χ0) is 14.8. The van der Waals surface area contributed by atoms with Crippen molar-refractivity contribution in [2.75, 3.05) is 19.8 Å². The third-order valence-electron chi connectivity index (χ3n) is 2.39. The summed E-state index contributed by atoms with van der Waals surface area (Å²) in [7, 11) is 0. The normalized spacial score (nSPS) is 10.6. The van der Waals surface area contributed by atoms with Crippen LogP contribution in [0.3, 0.4) is 0 Å². The number of hydrogen-bond donors (Lipinski definition) is 1. The first kappa shape index (κ1) is 16.2. The van der Waals surface area contributed by atoms with E-state index in [1.165, 1.54) is 6.26 Å². The lowest BCUT2D eigenvalue weighted by Gasteiger charge is -2.08. The Morgan fingerprint density at radius 3 is 2.80 bits per heavy atom. The third-order valence-corrected chi connectivity index (χ3v) is 2.39. The fraction of sp³-hybridized carbons (Fsp3) is 0.571. The number of amides is 1. The number of esters is 1. The minimum absolute atomic E-state index is 0.130. The number of rotatable bonds is 9. The topological polar surface area (TPSA) is 77.8 Å². The fourth-order valence-corrected chi connectivity index (χ4v) is 1.44. The molecule has 0 radical (unpaired) electrons. The van der Waals surface area contributed by atoms with Crippen LogP contribution < -0.4 is 5.32 Å². The van der Waals surface area contributed by atoms with Gasteiger partial charge in [0.05, 0.1) is 19.0 Å². The van der Waals surface area contributed by atoms with Crippen molar-refractivity contribution < 1.29 is 23.5 Å². The molecule has 1 amide bonds. The Morgan fingerprint density at radius 1 is 1.35 bits per heavy atom. The largest absolute Gasteiger partial charge is 0.463 e. The molecule has 1 N–H and O–H groups in total. The molecule has 0 atom stereocenters. The molecule has 0 aliphatic rings. The highest BCUT2D eigenvalue weighted by atomic mass is 16.6. The lowest BCUT2D eigenvalue weighted by atomic mass is 10.3. The molecule has 20 heavy (non-hydrogen) atoms. The summed E-state index contributed by atoms with van der Waals surface area (Å²) >= 11 is 0. The molecule has 0 aliphatic carbocycles. The van der Waals surface area contributed by atoms with Gasteiger partial charge in [-0.1, -0.05) is 0 Å². The number of furan rings is 1. The fourth-order valence-electron chi connectivity index (χ4n) is 1.44. The van der Waals surface area contributed by atoms with Crippen LogP contribution in [0.2, 0.25) is 0 Å². The molecule has 112 valence electrons. The maximum absolute atomic E-state index is 11.5. The SMILES string of the molecule is CC(C)OCCOC(=O)CCCNC(=O)c1ccco1. The Kier molecular flexibility index (Phi) is 7.42. The van der Waals surface area contributed by atoms with Gasteiger partial charge in [0.2, 0.25) is 0 Å². The summed E-state index contributed by atoms with van der Waals surface area (Å²) in [5.74, 6) is -0.309. The summed E-state index contributed by atoms with van der Waals surface area (Å²) in [6.45, 7) is 4.90. The minimum atomic E-state index is -0.287. The van der Waals surface area contributed by atoms with Gasteiger partial charge >= 0.3 is 5.97 Å². The van der Waals surface area contributed by atoms with Crippen LogP contribution in [0.1, 0.15) is 37.2 Å². The van der Waals surface area contributed by atoms with E-state index in [0.717, 1.165) is 0 Å². The number of carbonyl (C=O) groups is 2. The summed E-state index contributed by atoms with van der Waals surface area (Å²) in [5, 5.41) is 2.66. The first-order valence-corrected chi connectivity index (χ1v) is 6.68.